The Kier molecular flexibility index (Phi) is 6.63. The van der Waals surface area contributed by atoms with Gasteiger partial charge in [0.15, 0.2) is 0 Å². The fourth-order valence-electron chi connectivity index (χ4n) is 3.25. The van der Waals surface area contributed by atoms with Crippen LogP contribution in [0.2, 0.25) is 5.02 Å². The van der Waals surface area contributed by atoms with E-state index in [1.807, 2.05) is 30.3 Å². The first-order valence-electron chi connectivity index (χ1n) is 9.64. The first-order valence-corrected chi connectivity index (χ1v) is 11.5. The van der Waals surface area contributed by atoms with Crippen LogP contribution in [0.3, 0.4) is 0 Å². The maximum atomic E-state index is 12.5. The molecule has 0 fully saturated rings. The second-order valence-corrected chi connectivity index (χ2v) is 9.86. The number of sulfonamides is 1. The third kappa shape index (κ3) is 4.64. The van der Waals surface area contributed by atoms with E-state index in [2.05, 4.69) is 23.7 Å². The number of nitrogens with zero attached hydrogens (tertiary/aromatic N) is 3. The van der Waals surface area contributed by atoms with Gasteiger partial charge in [-0.3, -0.25) is 0 Å². The van der Waals surface area contributed by atoms with Crippen molar-refractivity contribution in [3.63, 3.8) is 0 Å². The number of halogens is 1. The maximum absolute atomic E-state index is 12.5. The van der Waals surface area contributed by atoms with E-state index in [1.54, 1.807) is 12.1 Å². The molecule has 1 atom stereocenters. The maximum Gasteiger partial charge on any atom is 0.242 e. The number of hydrogen-bond donors (Lipinski definition) is 1. The predicted octanol–water partition coefficient (Wildman–Crippen LogP) is 4.20. The van der Waals surface area contributed by atoms with Crippen molar-refractivity contribution in [3.8, 4) is 0 Å². The highest BCUT2D eigenvalue weighted by atomic mass is 35.5. The SMILES string of the molecule is CCCn1c(CNC(C)c2ccc(Cl)cc2)nc2cc(S(=O)(=O)N(C)C)ccc21. The lowest BCUT2D eigenvalue weighted by Gasteiger charge is -2.15. The summed E-state index contributed by atoms with van der Waals surface area (Å²) in [5, 5.41) is 4.22. The summed E-state index contributed by atoms with van der Waals surface area (Å²) in [6, 6.07) is 13.1. The van der Waals surface area contributed by atoms with Crippen molar-refractivity contribution >= 4 is 32.7 Å². The summed E-state index contributed by atoms with van der Waals surface area (Å²) in [6.07, 6.45) is 0.961. The van der Waals surface area contributed by atoms with E-state index in [1.165, 1.54) is 18.4 Å². The van der Waals surface area contributed by atoms with Crippen LogP contribution in [0, 0.1) is 0 Å². The summed E-state index contributed by atoms with van der Waals surface area (Å²) in [7, 11) is -0.431. The average molecular weight is 435 g/mol. The molecule has 1 N–H and O–H groups in total. The number of aromatic nitrogens is 2. The fraction of sp³-hybridized carbons (Fsp3) is 0.381. The summed E-state index contributed by atoms with van der Waals surface area (Å²) in [5.41, 5.74) is 2.78. The molecule has 0 spiro atoms. The molecular weight excluding hydrogens is 408 g/mol. The van der Waals surface area contributed by atoms with Crippen molar-refractivity contribution in [2.45, 2.75) is 44.3 Å². The topological polar surface area (TPSA) is 67.2 Å². The van der Waals surface area contributed by atoms with E-state index in [-0.39, 0.29) is 10.9 Å². The first-order chi connectivity index (χ1) is 13.7. The lowest BCUT2D eigenvalue weighted by molar-refractivity contribution is 0.521. The summed E-state index contributed by atoms with van der Waals surface area (Å²) < 4.78 is 28.3. The summed E-state index contributed by atoms with van der Waals surface area (Å²) in [6.45, 7) is 5.61. The molecule has 0 saturated heterocycles. The molecule has 8 heteroatoms. The lowest BCUT2D eigenvalue weighted by atomic mass is 10.1. The molecule has 0 aliphatic heterocycles. The molecule has 156 valence electrons. The van der Waals surface area contributed by atoms with Crippen molar-refractivity contribution in [2.24, 2.45) is 0 Å². The lowest BCUT2D eigenvalue weighted by Crippen LogP contribution is -2.22. The van der Waals surface area contributed by atoms with Gasteiger partial charge in [-0.1, -0.05) is 30.7 Å². The second kappa shape index (κ2) is 8.83. The zero-order chi connectivity index (χ0) is 21.2. The molecule has 0 bridgehead atoms. The number of imidazole rings is 1. The van der Waals surface area contributed by atoms with Crippen LogP contribution in [0.5, 0.6) is 0 Å². The normalized spacial score (nSPS) is 13.3. The summed E-state index contributed by atoms with van der Waals surface area (Å²) in [4.78, 5) is 5.00. The first kappa shape index (κ1) is 21.8. The van der Waals surface area contributed by atoms with Gasteiger partial charge in [0.1, 0.15) is 5.82 Å². The Labute approximate surface area is 177 Å². The van der Waals surface area contributed by atoms with Crippen LogP contribution in [-0.4, -0.2) is 36.4 Å². The van der Waals surface area contributed by atoms with Crippen LogP contribution < -0.4 is 5.32 Å². The zero-order valence-electron chi connectivity index (χ0n) is 17.2. The van der Waals surface area contributed by atoms with E-state index >= 15 is 0 Å². The highest BCUT2D eigenvalue weighted by molar-refractivity contribution is 7.89. The molecule has 3 aromatic rings. The van der Waals surface area contributed by atoms with Gasteiger partial charge >= 0.3 is 0 Å². The van der Waals surface area contributed by atoms with Crippen LogP contribution >= 0.6 is 11.6 Å². The highest BCUT2D eigenvalue weighted by Gasteiger charge is 2.20. The van der Waals surface area contributed by atoms with Crippen molar-refractivity contribution in [1.82, 2.24) is 19.2 Å². The van der Waals surface area contributed by atoms with Crippen LogP contribution in [0.15, 0.2) is 47.4 Å². The Balaban J connectivity index is 1.90. The van der Waals surface area contributed by atoms with Gasteiger partial charge in [-0.25, -0.2) is 17.7 Å². The molecule has 6 nitrogen and oxygen atoms in total. The largest absolute Gasteiger partial charge is 0.327 e. The molecule has 0 amide bonds. The average Bonchev–Trinajstić information content (AvgIpc) is 3.03. The molecular formula is C21H27ClN4O2S. The standard InChI is InChI=1S/C21H27ClN4O2S/c1-5-12-26-20-11-10-18(29(27,28)25(3)4)13-19(20)24-21(26)14-23-15(2)16-6-8-17(22)9-7-16/h6-11,13,15,23H,5,12,14H2,1-4H3. The van der Waals surface area contributed by atoms with E-state index < -0.39 is 10.0 Å². The van der Waals surface area contributed by atoms with Crippen molar-refractivity contribution in [2.75, 3.05) is 14.1 Å². The summed E-state index contributed by atoms with van der Waals surface area (Å²) in [5.74, 6) is 0.891. The van der Waals surface area contributed by atoms with Crippen LogP contribution in [-0.2, 0) is 23.1 Å². The highest BCUT2D eigenvalue weighted by Crippen LogP contribution is 2.23. The number of nitrogens with one attached hydrogen (secondary N) is 1. The van der Waals surface area contributed by atoms with Gasteiger partial charge in [-0.15, -0.1) is 0 Å². The van der Waals surface area contributed by atoms with Gasteiger partial charge in [0.25, 0.3) is 0 Å². The molecule has 0 radical (unpaired) electrons. The number of benzene rings is 2. The van der Waals surface area contributed by atoms with E-state index in [9.17, 15) is 8.42 Å². The minimum absolute atomic E-state index is 0.131. The second-order valence-electron chi connectivity index (χ2n) is 7.27. The third-order valence-electron chi connectivity index (χ3n) is 4.96. The number of fused-ring (bicyclic) bond motifs is 1. The molecule has 2 aromatic carbocycles. The number of hydrogen-bond acceptors (Lipinski definition) is 4. The Morgan fingerprint density at radius 2 is 1.86 bits per heavy atom. The quantitative estimate of drug-likeness (QED) is 0.577. The van der Waals surface area contributed by atoms with Crippen LogP contribution in [0.4, 0.5) is 0 Å². The molecule has 1 heterocycles. The van der Waals surface area contributed by atoms with Gasteiger partial charge in [0.05, 0.1) is 22.5 Å². The van der Waals surface area contributed by atoms with Crippen LogP contribution in [0.25, 0.3) is 11.0 Å². The van der Waals surface area contributed by atoms with E-state index in [0.29, 0.717) is 17.1 Å². The molecule has 0 aliphatic rings. The smallest absolute Gasteiger partial charge is 0.242 e. The molecule has 1 aromatic heterocycles. The Hall–Kier alpha value is -1.93. The Morgan fingerprint density at radius 1 is 1.17 bits per heavy atom. The number of rotatable bonds is 8. The predicted molar refractivity (Wildman–Crippen MR) is 118 cm³/mol. The van der Waals surface area contributed by atoms with Gasteiger partial charge in [0.2, 0.25) is 10.0 Å². The van der Waals surface area contributed by atoms with Gasteiger partial charge in [-0.05, 0) is 49.2 Å². The number of aryl methyl sites for hydroxylation is 1. The summed E-state index contributed by atoms with van der Waals surface area (Å²) >= 11 is 5.97. The Bertz CT molecular complexity index is 1090. The minimum Gasteiger partial charge on any atom is -0.327 e. The fourth-order valence-corrected chi connectivity index (χ4v) is 4.30. The molecule has 3 rings (SSSR count). The van der Waals surface area contributed by atoms with Crippen molar-refractivity contribution in [1.29, 1.82) is 0 Å². The monoisotopic (exact) mass is 434 g/mol. The van der Waals surface area contributed by atoms with E-state index in [4.69, 9.17) is 16.6 Å². The molecule has 0 aliphatic carbocycles. The molecule has 29 heavy (non-hydrogen) atoms. The zero-order valence-corrected chi connectivity index (χ0v) is 18.8. The van der Waals surface area contributed by atoms with Gasteiger partial charge < -0.3 is 9.88 Å². The van der Waals surface area contributed by atoms with Crippen LogP contribution in [0.1, 0.15) is 37.7 Å². The van der Waals surface area contributed by atoms with E-state index in [0.717, 1.165) is 29.9 Å². The molecule has 1 unspecified atom stereocenters. The minimum atomic E-state index is -3.49. The molecule has 0 saturated carbocycles. The van der Waals surface area contributed by atoms with Crippen molar-refractivity contribution in [3.05, 3.63) is 58.9 Å². The Morgan fingerprint density at radius 3 is 2.48 bits per heavy atom. The van der Waals surface area contributed by atoms with Gasteiger partial charge in [0, 0.05) is 31.7 Å². The third-order valence-corrected chi connectivity index (χ3v) is 7.02. The van der Waals surface area contributed by atoms with Crippen molar-refractivity contribution < 1.29 is 8.42 Å². The van der Waals surface area contributed by atoms with Gasteiger partial charge in [-0.2, -0.15) is 0 Å².